The molecule has 1 aromatic heterocycles. The smallest absolute Gasteiger partial charge is 0.177 e. The number of benzene rings is 3. The van der Waals surface area contributed by atoms with E-state index >= 15 is 0 Å². The third-order valence-electron chi connectivity index (χ3n) is 5.96. The SMILES string of the molecule is Cc1nc2ccc(NC3Cc4ccccc4C3)cc2c(-c2ccccc2)c1S(C)(=O)=O. The van der Waals surface area contributed by atoms with Crippen molar-refractivity contribution in [2.45, 2.75) is 30.7 Å². The van der Waals surface area contributed by atoms with Crippen molar-refractivity contribution in [3.05, 3.63) is 89.6 Å². The number of rotatable bonds is 4. The normalized spacial score (nSPS) is 14.0. The van der Waals surface area contributed by atoms with E-state index in [1.54, 1.807) is 6.92 Å². The van der Waals surface area contributed by atoms with E-state index in [0.717, 1.165) is 40.6 Å². The minimum absolute atomic E-state index is 0.302. The van der Waals surface area contributed by atoms with E-state index in [0.29, 0.717) is 16.6 Å². The Kier molecular flexibility index (Phi) is 4.78. The van der Waals surface area contributed by atoms with Crippen LogP contribution >= 0.6 is 0 Å². The van der Waals surface area contributed by atoms with Gasteiger partial charge in [-0.3, -0.25) is 4.98 Å². The number of sulfone groups is 1. The highest BCUT2D eigenvalue weighted by Gasteiger charge is 2.24. The highest BCUT2D eigenvalue weighted by Crippen LogP contribution is 2.37. The standard InChI is InChI=1S/C26H24N2O2S/c1-17-26(31(2,29)30)25(18-8-4-3-5-9-18)23-16-21(12-13-24(23)27-17)28-22-14-19-10-6-7-11-20(19)15-22/h3-13,16,22,28H,14-15H2,1-2H3. The molecular weight excluding hydrogens is 404 g/mol. The second-order valence-corrected chi connectivity index (χ2v) is 10.2. The number of hydrogen-bond acceptors (Lipinski definition) is 4. The fourth-order valence-corrected chi connectivity index (χ4v) is 5.88. The van der Waals surface area contributed by atoms with Gasteiger partial charge in [-0.15, -0.1) is 0 Å². The van der Waals surface area contributed by atoms with Crippen LogP contribution in [-0.2, 0) is 22.7 Å². The number of nitrogens with zero attached hydrogens (tertiary/aromatic N) is 1. The number of anilines is 1. The summed E-state index contributed by atoms with van der Waals surface area (Å²) >= 11 is 0. The highest BCUT2D eigenvalue weighted by molar-refractivity contribution is 7.91. The number of fused-ring (bicyclic) bond motifs is 2. The zero-order valence-corrected chi connectivity index (χ0v) is 18.4. The van der Waals surface area contributed by atoms with E-state index < -0.39 is 9.84 Å². The summed E-state index contributed by atoms with van der Waals surface area (Å²) in [5.41, 5.74) is 6.69. The molecule has 3 aromatic carbocycles. The van der Waals surface area contributed by atoms with Gasteiger partial charge in [-0.2, -0.15) is 0 Å². The highest BCUT2D eigenvalue weighted by atomic mass is 32.2. The first kappa shape index (κ1) is 19.8. The summed E-state index contributed by atoms with van der Waals surface area (Å²) in [4.78, 5) is 4.93. The van der Waals surface area contributed by atoms with Crippen LogP contribution in [0.1, 0.15) is 16.8 Å². The first-order valence-corrected chi connectivity index (χ1v) is 12.3. The van der Waals surface area contributed by atoms with E-state index in [1.165, 1.54) is 17.4 Å². The number of aromatic nitrogens is 1. The topological polar surface area (TPSA) is 59.1 Å². The maximum atomic E-state index is 12.7. The van der Waals surface area contributed by atoms with Crippen molar-refractivity contribution in [3.63, 3.8) is 0 Å². The minimum Gasteiger partial charge on any atom is -0.382 e. The fraction of sp³-hybridized carbons (Fsp3) is 0.192. The molecule has 0 saturated carbocycles. The average molecular weight is 429 g/mol. The molecular formula is C26H24N2O2S. The lowest BCUT2D eigenvalue weighted by atomic mass is 9.99. The van der Waals surface area contributed by atoms with Gasteiger partial charge in [0.2, 0.25) is 0 Å². The van der Waals surface area contributed by atoms with E-state index in [2.05, 4.69) is 34.6 Å². The second-order valence-electron chi connectivity index (χ2n) is 8.29. The van der Waals surface area contributed by atoms with Crippen molar-refractivity contribution in [1.82, 2.24) is 4.98 Å². The van der Waals surface area contributed by atoms with Crippen LogP contribution in [0.3, 0.4) is 0 Å². The van der Waals surface area contributed by atoms with Gasteiger partial charge in [0.05, 0.1) is 16.1 Å². The van der Waals surface area contributed by atoms with Crippen molar-refractivity contribution in [2.75, 3.05) is 11.6 Å². The zero-order chi connectivity index (χ0) is 21.6. The fourth-order valence-electron chi connectivity index (χ4n) is 4.70. The Morgan fingerprint density at radius 2 is 1.55 bits per heavy atom. The molecule has 0 unspecified atom stereocenters. The summed E-state index contributed by atoms with van der Waals surface area (Å²) in [6, 6.07) is 24.6. The van der Waals surface area contributed by atoms with E-state index in [4.69, 9.17) is 0 Å². The van der Waals surface area contributed by atoms with Crippen LogP contribution in [0.15, 0.2) is 77.7 Å². The van der Waals surface area contributed by atoms with Crippen molar-refractivity contribution in [1.29, 1.82) is 0 Å². The van der Waals surface area contributed by atoms with Crippen LogP contribution in [0.4, 0.5) is 5.69 Å². The third kappa shape index (κ3) is 3.70. The molecule has 4 aromatic rings. The predicted octanol–water partition coefficient (Wildman–Crippen LogP) is 5.19. The van der Waals surface area contributed by atoms with Crippen LogP contribution in [0.25, 0.3) is 22.0 Å². The maximum absolute atomic E-state index is 12.7. The van der Waals surface area contributed by atoms with Crippen LogP contribution < -0.4 is 5.32 Å². The van der Waals surface area contributed by atoms with Gasteiger partial charge in [0.15, 0.2) is 9.84 Å². The number of hydrogen-bond donors (Lipinski definition) is 1. The molecule has 0 atom stereocenters. The van der Waals surface area contributed by atoms with Crippen molar-refractivity contribution in [2.24, 2.45) is 0 Å². The lowest BCUT2D eigenvalue weighted by Crippen LogP contribution is -2.19. The summed E-state index contributed by atoms with van der Waals surface area (Å²) in [6.07, 6.45) is 3.23. The molecule has 0 fully saturated rings. The van der Waals surface area contributed by atoms with E-state index in [9.17, 15) is 8.42 Å². The number of pyridine rings is 1. The van der Waals surface area contributed by atoms with Gasteiger partial charge in [0, 0.05) is 28.9 Å². The largest absolute Gasteiger partial charge is 0.382 e. The lowest BCUT2D eigenvalue weighted by Gasteiger charge is -2.18. The Bertz CT molecular complexity index is 1370. The summed E-state index contributed by atoms with van der Waals surface area (Å²) in [7, 11) is -3.46. The Morgan fingerprint density at radius 3 is 2.19 bits per heavy atom. The molecule has 0 radical (unpaired) electrons. The van der Waals surface area contributed by atoms with Gasteiger partial charge < -0.3 is 5.32 Å². The molecule has 0 bridgehead atoms. The number of aryl methyl sites for hydroxylation is 1. The Morgan fingerprint density at radius 1 is 0.903 bits per heavy atom. The van der Waals surface area contributed by atoms with Gasteiger partial charge in [0.25, 0.3) is 0 Å². The van der Waals surface area contributed by atoms with Crippen LogP contribution in [0, 0.1) is 6.92 Å². The van der Waals surface area contributed by atoms with E-state index in [1.807, 2.05) is 48.5 Å². The van der Waals surface area contributed by atoms with Crippen molar-refractivity contribution >= 4 is 26.4 Å². The molecule has 0 saturated heterocycles. The van der Waals surface area contributed by atoms with Crippen LogP contribution in [0.2, 0.25) is 0 Å². The van der Waals surface area contributed by atoms with Gasteiger partial charge in [-0.05, 0) is 54.7 Å². The van der Waals surface area contributed by atoms with Gasteiger partial charge in [0.1, 0.15) is 0 Å². The molecule has 5 rings (SSSR count). The molecule has 1 heterocycles. The molecule has 0 spiro atoms. The molecule has 1 N–H and O–H groups in total. The van der Waals surface area contributed by atoms with Crippen molar-refractivity contribution < 1.29 is 8.42 Å². The van der Waals surface area contributed by atoms with Crippen LogP contribution in [-0.4, -0.2) is 25.7 Å². The summed E-state index contributed by atoms with van der Waals surface area (Å²) in [6.45, 7) is 1.77. The first-order chi connectivity index (χ1) is 14.9. The third-order valence-corrected chi connectivity index (χ3v) is 7.21. The van der Waals surface area contributed by atoms with Gasteiger partial charge in [-0.1, -0.05) is 54.6 Å². The summed E-state index contributed by atoms with van der Waals surface area (Å²) in [5.74, 6) is 0. The first-order valence-electron chi connectivity index (χ1n) is 10.4. The minimum atomic E-state index is -3.46. The van der Waals surface area contributed by atoms with Crippen LogP contribution in [0.5, 0.6) is 0 Å². The molecule has 1 aliphatic rings. The Balaban J connectivity index is 1.63. The number of nitrogens with one attached hydrogen (secondary N) is 1. The Labute approximate surface area is 182 Å². The molecule has 31 heavy (non-hydrogen) atoms. The van der Waals surface area contributed by atoms with Gasteiger partial charge >= 0.3 is 0 Å². The molecule has 1 aliphatic carbocycles. The predicted molar refractivity (Wildman–Crippen MR) is 126 cm³/mol. The summed E-state index contributed by atoms with van der Waals surface area (Å²) < 4.78 is 25.5. The monoisotopic (exact) mass is 428 g/mol. The zero-order valence-electron chi connectivity index (χ0n) is 17.6. The molecule has 4 nitrogen and oxygen atoms in total. The summed E-state index contributed by atoms with van der Waals surface area (Å²) in [5, 5.41) is 4.50. The lowest BCUT2D eigenvalue weighted by molar-refractivity contribution is 0.601. The molecule has 0 aliphatic heterocycles. The second kappa shape index (κ2) is 7.50. The average Bonchev–Trinajstić information content (AvgIpc) is 3.15. The Hall–Kier alpha value is -3.18. The molecule has 156 valence electrons. The molecule has 5 heteroatoms. The quantitative estimate of drug-likeness (QED) is 0.486. The maximum Gasteiger partial charge on any atom is 0.177 e. The van der Waals surface area contributed by atoms with Gasteiger partial charge in [-0.25, -0.2) is 8.42 Å². The van der Waals surface area contributed by atoms with E-state index in [-0.39, 0.29) is 0 Å². The molecule has 0 amide bonds. The van der Waals surface area contributed by atoms with Crippen molar-refractivity contribution in [3.8, 4) is 11.1 Å².